The first-order valence-electron chi connectivity index (χ1n) is 39.7. The summed E-state index contributed by atoms with van der Waals surface area (Å²) in [5, 5.41) is 36.6. The number of pyridine rings is 1. The van der Waals surface area contributed by atoms with Crippen molar-refractivity contribution in [3.8, 4) is 17.6 Å². The van der Waals surface area contributed by atoms with Crippen LogP contribution in [0.5, 0.6) is 0 Å². The summed E-state index contributed by atoms with van der Waals surface area (Å²) in [4.78, 5) is 61.5. The van der Waals surface area contributed by atoms with E-state index in [1.54, 1.807) is 42.6 Å². The number of alkyl halides is 7. The second kappa shape index (κ2) is 38.7. The van der Waals surface area contributed by atoms with E-state index in [4.69, 9.17) is 63.1 Å². The number of nitrogens with one attached hydrogen (secondary N) is 3. The molecule has 0 fully saturated rings. The first-order valence-corrected chi connectivity index (χ1v) is 41.7. The van der Waals surface area contributed by atoms with Gasteiger partial charge in [0.25, 0.3) is 29.6 Å². The summed E-state index contributed by atoms with van der Waals surface area (Å²) in [6, 6.07) is 59.2. The zero-order valence-electron chi connectivity index (χ0n) is 65.0. The van der Waals surface area contributed by atoms with E-state index in [9.17, 15) is 45.8 Å². The Hall–Kier alpha value is -10.9. The van der Waals surface area contributed by atoms with Crippen LogP contribution in [0.25, 0.3) is 28.5 Å². The lowest BCUT2D eigenvalue weighted by molar-refractivity contribution is -0.142. The van der Waals surface area contributed by atoms with Crippen molar-refractivity contribution in [3.63, 3.8) is 0 Å². The van der Waals surface area contributed by atoms with E-state index in [2.05, 4.69) is 57.1 Å². The highest BCUT2D eigenvalue weighted by Gasteiger charge is 2.39. The molecular weight excluding hydrogens is 1640 g/mol. The van der Waals surface area contributed by atoms with Gasteiger partial charge in [-0.1, -0.05) is 193 Å². The van der Waals surface area contributed by atoms with Crippen molar-refractivity contribution in [2.24, 2.45) is 0 Å². The van der Waals surface area contributed by atoms with Gasteiger partial charge in [-0.25, -0.2) is 34.0 Å². The van der Waals surface area contributed by atoms with Crippen LogP contribution in [0.3, 0.4) is 0 Å². The van der Waals surface area contributed by atoms with Crippen LogP contribution in [0.15, 0.2) is 219 Å². The fourth-order valence-corrected chi connectivity index (χ4v) is 17.3. The number of amides is 3. The molecule has 0 bridgehead atoms. The maximum Gasteiger partial charge on any atom is 0.433 e. The van der Waals surface area contributed by atoms with Crippen LogP contribution in [0.4, 0.5) is 26.3 Å². The summed E-state index contributed by atoms with van der Waals surface area (Å²) >= 11 is 31.3. The number of halogens is 11. The Labute approximate surface area is 714 Å². The van der Waals surface area contributed by atoms with E-state index < -0.39 is 47.6 Å². The van der Waals surface area contributed by atoms with Crippen LogP contribution < -0.4 is 16.0 Å². The molecule has 0 radical (unpaired) electrons. The molecule has 18 nitrogen and oxygen atoms in total. The molecule has 618 valence electrons. The van der Waals surface area contributed by atoms with E-state index in [0.717, 1.165) is 150 Å². The molecule has 7 aromatic carbocycles. The van der Waals surface area contributed by atoms with Gasteiger partial charge in [0.1, 0.15) is 11.4 Å². The number of hydrogen-bond donors (Lipinski definition) is 4. The van der Waals surface area contributed by atoms with Crippen LogP contribution in [0, 0.1) is 0 Å². The summed E-state index contributed by atoms with van der Waals surface area (Å²) < 4.78 is 85.9. The minimum Gasteiger partial charge on any atom is -0.394 e. The van der Waals surface area contributed by atoms with Gasteiger partial charge in [0.15, 0.2) is 17.1 Å². The second-order valence-corrected chi connectivity index (χ2v) is 32.0. The van der Waals surface area contributed by atoms with Crippen molar-refractivity contribution < 1.29 is 45.8 Å². The monoisotopic (exact) mass is 1720 g/mol. The maximum atomic E-state index is 13.8. The topological polar surface area (TPSA) is 225 Å². The van der Waals surface area contributed by atoms with Crippen LogP contribution in [-0.4, -0.2) is 89.6 Å². The number of fused-ring (bicyclic) bond motifs is 4. The zero-order valence-corrected chi connectivity index (χ0v) is 68.8. The number of aliphatic hydroxyl groups is 1. The minimum absolute atomic E-state index is 0.0865. The van der Waals surface area contributed by atoms with Crippen molar-refractivity contribution >= 4 is 86.6 Å². The molecule has 0 aliphatic heterocycles. The fraction of sp³-hybridized carbons (Fsp3) is 0.286. The Morgan fingerprint density at radius 2 is 0.825 bits per heavy atom. The molecule has 0 saturated carbocycles. The molecule has 3 amide bonds. The highest BCUT2D eigenvalue weighted by atomic mass is 35.5. The van der Waals surface area contributed by atoms with Crippen molar-refractivity contribution in [2.45, 2.75) is 151 Å². The van der Waals surface area contributed by atoms with Gasteiger partial charge < -0.3 is 21.1 Å². The fourth-order valence-electron chi connectivity index (χ4n) is 16.2. The molecular formula is C91H83Cl5F6N14O4. The smallest absolute Gasteiger partial charge is 0.394 e. The Bertz CT molecular complexity index is 5550. The molecule has 6 heterocycles. The third kappa shape index (κ3) is 20.4. The second-order valence-electron chi connectivity index (χ2n) is 30.0. The van der Waals surface area contributed by atoms with Crippen molar-refractivity contribution in [3.05, 3.63) is 334 Å². The first kappa shape index (κ1) is 85.6. The third-order valence-corrected chi connectivity index (χ3v) is 23.1. The summed E-state index contributed by atoms with van der Waals surface area (Å²) in [6.45, 7) is 1.66. The average Bonchev–Trinajstić information content (AvgIpc) is 1.60. The van der Waals surface area contributed by atoms with Crippen molar-refractivity contribution in [2.75, 3.05) is 12.5 Å². The molecule has 6 atom stereocenters. The van der Waals surface area contributed by atoms with Crippen LogP contribution in [0.2, 0.25) is 20.1 Å². The van der Waals surface area contributed by atoms with E-state index in [1.807, 2.05) is 157 Å². The van der Waals surface area contributed by atoms with Crippen molar-refractivity contribution in [1.82, 2.24) is 70.2 Å². The zero-order chi connectivity index (χ0) is 84.2. The molecule has 4 N–H and O–H groups in total. The van der Waals surface area contributed by atoms with E-state index >= 15 is 0 Å². The summed E-state index contributed by atoms with van der Waals surface area (Å²) in [5.74, 6) is -1.67. The highest BCUT2D eigenvalue weighted by Crippen LogP contribution is 2.43. The van der Waals surface area contributed by atoms with Gasteiger partial charge in [-0.3, -0.25) is 19.4 Å². The van der Waals surface area contributed by atoms with Gasteiger partial charge in [-0.05, 0) is 190 Å². The SMILES string of the molecule is C[C@@H](NC(=O)c1nn(-c2ccnc3cc(Cl)ccc23)c2c1CCCCC2Cc1cccc(Cl)c1)c1ccccc1.O=C(N[C@@H](CCl)c1ccccc1)c1nn(-c2nccc(C(F)(F)F)n2)c2c1CCCCC2Cc1cccc(Cl)c1.O=C(N[C@@H](CO)c1ccccc1)c1nn(-c2nccc(C(F)(F)F)n2)c2c1CCCCC2Cc1cccc(Cl)c1. The molecule has 3 aliphatic carbocycles. The Morgan fingerprint density at radius 1 is 0.442 bits per heavy atom. The van der Waals surface area contributed by atoms with Gasteiger partial charge in [-0.15, -0.1) is 11.6 Å². The molecule has 120 heavy (non-hydrogen) atoms. The molecule has 29 heteroatoms. The van der Waals surface area contributed by atoms with E-state index in [1.165, 1.54) is 14.9 Å². The first-order chi connectivity index (χ1) is 58.0. The quantitative estimate of drug-likeness (QED) is 0.0318. The number of rotatable bonds is 20. The lowest BCUT2D eigenvalue weighted by atomic mass is 9.90. The predicted molar refractivity (Wildman–Crippen MR) is 452 cm³/mol. The molecule has 6 aromatic heterocycles. The van der Waals surface area contributed by atoms with Gasteiger partial charge in [-0.2, -0.15) is 41.6 Å². The normalized spacial score (nSPS) is 16.1. The molecule has 3 unspecified atom stereocenters. The Balaban J connectivity index is 0.000000147. The number of carbonyl (C=O) groups excluding carboxylic acids is 3. The van der Waals surface area contributed by atoms with Crippen LogP contribution >= 0.6 is 58.0 Å². The van der Waals surface area contributed by atoms with Crippen LogP contribution in [-0.2, 0) is 50.9 Å². The van der Waals surface area contributed by atoms with Gasteiger partial charge >= 0.3 is 12.4 Å². The maximum absolute atomic E-state index is 13.8. The summed E-state index contributed by atoms with van der Waals surface area (Å²) in [7, 11) is 0. The van der Waals surface area contributed by atoms with E-state index in [-0.39, 0.29) is 65.5 Å². The summed E-state index contributed by atoms with van der Waals surface area (Å²) in [6.07, 6.45) is 6.19. The molecule has 16 rings (SSSR count). The van der Waals surface area contributed by atoms with Crippen molar-refractivity contribution in [1.29, 1.82) is 0 Å². The number of aliphatic hydroxyl groups excluding tert-OH is 1. The standard InChI is InChI=1S/C33H30Cl2N4O.C29H26Cl2F3N5O.C29H27ClF3N5O2/c1-21(23-9-3-2-4-10-23)37-33(40)31-28-13-6-5-11-24(18-22-8-7-12-25(34)19-22)32(28)39(38-31)30-16-17-36-29-20-26(35)14-15-27(29)30;30-17-23(19-8-2-1-3-9-19)36-27(40)25-22-12-5-4-10-20(15-18-7-6-11-21(31)16-18)26(22)39(38-25)28-35-14-13-24(37-28)29(32,33)34;30-21-11-6-7-18(16-21)15-20-10-4-5-12-22-25(27(40)35-23(17-39)19-8-2-1-3-9-19)37-38(26(20)22)28-34-14-13-24(36-28)29(31,32)33/h2-4,7-10,12,14-17,19-21,24H,5-6,11,13,18H2,1H3,(H,37,40);1-3,6-9,11,13-14,16,20,23H,4-5,10,12,15,17H2,(H,36,40);1-3,6-9,11,13-14,16,20,23,39H,4-5,10,12,15,17H2,(H,35,40)/t21-,24?;2*20?,23-/m100/s1. The Morgan fingerprint density at radius 3 is 1.24 bits per heavy atom. The Kier molecular flexibility index (Phi) is 27.6. The average molecular weight is 1730 g/mol. The lowest BCUT2D eigenvalue weighted by Gasteiger charge is -2.19. The predicted octanol–water partition coefficient (Wildman–Crippen LogP) is 21.2. The number of carbonyl (C=O) groups is 3. The molecule has 13 aromatic rings. The van der Waals surface area contributed by atoms with Gasteiger partial charge in [0.05, 0.1) is 53.0 Å². The largest absolute Gasteiger partial charge is 0.433 e. The molecule has 0 spiro atoms. The number of benzene rings is 7. The number of hydrogen-bond acceptors (Lipinski definition) is 12. The summed E-state index contributed by atoms with van der Waals surface area (Å²) in [5.41, 5.74) is 10.6. The van der Waals surface area contributed by atoms with Crippen LogP contribution in [0.1, 0.15) is 211 Å². The van der Waals surface area contributed by atoms with Gasteiger partial charge in [0.2, 0.25) is 0 Å². The highest BCUT2D eigenvalue weighted by molar-refractivity contribution is 6.32. The lowest BCUT2D eigenvalue weighted by Crippen LogP contribution is -2.31. The van der Waals surface area contributed by atoms with E-state index in [0.29, 0.717) is 74.5 Å². The van der Waals surface area contributed by atoms with Gasteiger partial charge in [0, 0.05) is 84.4 Å². The minimum atomic E-state index is -4.67. The number of nitrogens with zero attached hydrogens (tertiary/aromatic N) is 11. The third-order valence-electron chi connectivity index (χ3n) is 21.8. The number of aromatic nitrogens is 11. The molecule has 3 aliphatic rings. The molecule has 0 saturated heterocycles.